The Morgan fingerprint density at radius 1 is 0.974 bits per heavy atom. The highest BCUT2D eigenvalue weighted by Gasteiger charge is 2.55. The van der Waals surface area contributed by atoms with Crippen LogP contribution < -0.4 is 14.2 Å². The van der Waals surface area contributed by atoms with Crippen LogP contribution in [0.4, 0.5) is 0 Å². The van der Waals surface area contributed by atoms with E-state index in [0.717, 1.165) is 28.4 Å². The zero-order valence-electron chi connectivity index (χ0n) is 23.8. The fraction of sp³-hybridized carbons (Fsp3) is 0.562. The van der Waals surface area contributed by atoms with Gasteiger partial charge < -0.3 is 19.3 Å². The summed E-state index contributed by atoms with van der Waals surface area (Å²) in [7, 11) is 0. The molecule has 0 spiro atoms. The molecule has 1 unspecified atom stereocenters. The molecule has 1 fully saturated rings. The number of rotatable bonds is 15. The standard InChI is InChI=1S/C32H44O6/c1-7-36-28-17-24(18-29(23(28)4)37-8-2)22(3)26(15-12-16-38-25-13-10-9-11-14-25)27(33)19-32(30(34)35)20-31(5,6)21-32/h9-11,13-14,17-18,22,26H,7-8,12,15-16,19-21H2,1-6H3,(H,34,35)/t22-,26?/m1/s1. The zero-order valence-corrected chi connectivity index (χ0v) is 23.8. The van der Waals surface area contributed by atoms with Crippen LogP contribution in [0.5, 0.6) is 17.2 Å². The maximum absolute atomic E-state index is 13.9. The van der Waals surface area contributed by atoms with Crippen molar-refractivity contribution in [3.8, 4) is 17.2 Å². The molecule has 0 aromatic heterocycles. The topological polar surface area (TPSA) is 82.1 Å². The number of carbonyl (C=O) groups excluding carboxylic acids is 1. The van der Waals surface area contributed by atoms with Crippen molar-refractivity contribution in [3.63, 3.8) is 0 Å². The quantitative estimate of drug-likeness (QED) is 0.248. The van der Waals surface area contributed by atoms with Crippen LogP contribution >= 0.6 is 0 Å². The Morgan fingerprint density at radius 2 is 1.55 bits per heavy atom. The first-order chi connectivity index (χ1) is 18.0. The van der Waals surface area contributed by atoms with Gasteiger partial charge in [0, 0.05) is 17.9 Å². The normalized spacial score (nSPS) is 17.1. The maximum atomic E-state index is 13.9. The predicted molar refractivity (Wildman–Crippen MR) is 149 cm³/mol. The van der Waals surface area contributed by atoms with E-state index in [0.29, 0.717) is 45.5 Å². The summed E-state index contributed by atoms with van der Waals surface area (Å²) >= 11 is 0. The van der Waals surface area contributed by atoms with Crippen LogP contribution in [0.15, 0.2) is 42.5 Å². The molecule has 0 aliphatic heterocycles. The van der Waals surface area contributed by atoms with Gasteiger partial charge in [0.1, 0.15) is 23.0 Å². The van der Waals surface area contributed by atoms with Crippen molar-refractivity contribution in [1.29, 1.82) is 0 Å². The lowest BCUT2D eigenvalue weighted by atomic mass is 9.52. The monoisotopic (exact) mass is 524 g/mol. The second-order valence-electron chi connectivity index (χ2n) is 11.5. The van der Waals surface area contributed by atoms with Gasteiger partial charge in [0.05, 0.1) is 25.2 Å². The number of aliphatic carboxylic acids is 1. The first-order valence-corrected chi connectivity index (χ1v) is 13.9. The second kappa shape index (κ2) is 12.7. The third-order valence-corrected chi connectivity index (χ3v) is 7.75. The molecule has 2 aromatic rings. The van der Waals surface area contributed by atoms with E-state index in [4.69, 9.17) is 14.2 Å². The summed E-state index contributed by atoms with van der Waals surface area (Å²) in [5, 5.41) is 10.1. The summed E-state index contributed by atoms with van der Waals surface area (Å²) in [4.78, 5) is 26.1. The minimum absolute atomic E-state index is 0.00612. The van der Waals surface area contributed by atoms with Crippen molar-refractivity contribution < 1.29 is 28.9 Å². The zero-order chi connectivity index (χ0) is 27.9. The van der Waals surface area contributed by atoms with Crippen molar-refractivity contribution in [2.45, 2.75) is 79.6 Å². The van der Waals surface area contributed by atoms with Gasteiger partial charge in [-0.15, -0.1) is 0 Å². The number of carbonyl (C=O) groups is 2. The molecular formula is C32H44O6. The lowest BCUT2D eigenvalue weighted by molar-refractivity contribution is -0.167. The number of hydrogen-bond donors (Lipinski definition) is 1. The molecule has 3 rings (SSSR count). The number of carboxylic acids is 1. The molecule has 0 saturated heterocycles. The van der Waals surface area contributed by atoms with Gasteiger partial charge in [-0.25, -0.2) is 0 Å². The van der Waals surface area contributed by atoms with Crippen LogP contribution in [0.25, 0.3) is 0 Å². The van der Waals surface area contributed by atoms with Crippen LogP contribution in [0.3, 0.4) is 0 Å². The molecule has 0 amide bonds. The van der Waals surface area contributed by atoms with E-state index < -0.39 is 11.4 Å². The average Bonchev–Trinajstić information content (AvgIpc) is 2.85. The number of carboxylic acid groups (broad SMARTS) is 1. The van der Waals surface area contributed by atoms with E-state index in [1.165, 1.54) is 0 Å². The Hall–Kier alpha value is -3.02. The molecule has 1 saturated carbocycles. The smallest absolute Gasteiger partial charge is 0.310 e. The Labute approximate surface area is 227 Å². The number of hydrogen-bond acceptors (Lipinski definition) is 5. The van der Waals surface area contributed by atoms with E-state index in [2.05, 4.69) is 20.8 Å². The van der Waals surface area contributed by atoms with Crippen LogP contribution in [-0.2, 0) is 9.59 Å². The van der Waals surface area contributed by atoms with Crippen LogP contribution in [0, 0.1) is 23.7 Å². The lowest BCUT2D eigenvalue weighted by Gasteiger charge is -2.50. The molecule has 1 N–H and O–H groups in total. The van der Waals surface area contributed by atoms with Crippen LogP contribution in [0.2, 0.25) is 0 Å². The lowest BCUT2D eigenvalue weighted by Crippen LogP contribution is -2.50. The molecule has 2 aromatic carbocycles. The summed E-state index contributed by atoms with van der Waals surface area (Å²) in [5.74, 6) is 0.954. The summed E-state index contributed by atoms with van der Waals surface area (Å²) < 4.78 is 17.7. The van der Waals surface area contributed by atoms with Crippen molar-refractivity contribution in [3.05, 3.63) is 53.6 Å². The third-order valence-electron chi connectivity index (χ3n) is 7.75. The van der Waals surface area contributed by atoms with Crippen molar-refractivity contribution in [2.24, 2.45) is 16.7 Å². The number of ketones is 1. The first kappa shape index (κ1) is 29.5. The largest absolute Gasteiger partial charge is 0.494 e. The van der Waals surface area contributed by atoms with Gasteiger partial charge >= 0.3 is 5.97 Å². The molecule has 208 valence electrons. The number of para-hydroxylation sites is 1. The number of ether oxygens (including phenoxy) is 3. The summed E-state index contributed by atoms with van der Waals surface area (Å²) in [6.45, 7) is 13.6. The number of benzene rings is 2. The highest BCUT2D eigenvalue weighted by Crippen LogP contribution is 2.57. The van der Waals surface area contributed by atoms with E-state index in [-0.39, 0.29) is 29.5 Å². The molecule has 0 heterocycles. The molecular weight excluding hydrogens is 480 g/mol. The Kier molecular flexibility index (Phi) is 9.86. The molecule has 0 radical (unpaired) electrons. The summed E-state index contributed by atoms with van der Waals surface area (Å²) in [5.41, 5.74) is 0.867. The van der Waals surface area contributed by atoms with Gasteiger partial charge in [-0.05, 0) is 87.6 Å². The van der Waals surface area contributed by atoms with Gasteiger partial charge in [-0.2, -0.15) is 0 Å². The van der Waals surface area contributed by atoms with E-state index in [1.54, 1.807) is 0 Å². The minimum Gasteiger partial charge on any atom is -0.494 e. The second-order valence-corrected chi connectivity index (χ2v) is 11.5. The Morgan fingerprint density at radius 3 is 2.05 bits per heavy atom. The predicted octanol–water partition coefficient (Wildman–Crippen LogP) is 7.22. The maximum Gasteiger partial charge on any atom is 0.310 e. The first-order valence-electron chi connectivity index (χ1n) is 13.9. The highest BCUT2D eigenvalue weighted by atomic mass is 16.5. The van der Waals surface area contributed by atoms with Gasteiger partial charge in [-0.3, -0.25) is 9.59 Å². The van der Waals surface area contributed by atoms with E-state index >= 15 is 0 Å². The third kappa shape index (κ3) is 7.09. The van der Waals surface area contributed by atoms with Gasteiger partial charge in [0.2, 0.25) is 0 Å². The summed E-state index contributed by atoms with van der Waals surface area (Å²) in [6, 6.07) is 13.6. The molecule has 0 bridgehead atoms. The van der Waals surface area contributed by atoms with Crippen LogP contribution in [-0.4, -0.2) is 36.7 Å². The van der Waals surface area contributed by atoms with E-state index in [1.807, 2.05) is 63.2 Å². The number of Topliss-reactive ketones (excluding diaryl/α,β-unsaturated/α-hetero) is 1. The van der Waals surface area contributed by atoms with Crippen molar-refractivity contribution in [1.82, 2.24) is 0 Å². The highest BCUT2D eigenvalue weighted by molar-refractivity contribution is 5.89. The molecule has 38 heavy (non-hydrogen) atoms. The Bertz CT molecular complexity index is 1060. The summed E-state index contributed by atoms with van der Waals surface area (Å²) in [6.07, 6.45) is 2.39. The Balaban J connectivity index is 1.85. The van der Waals surface area contributed by atoms with Gasteiger partial charge in [-0.1, -0.05) is 39.0 Å². The van der Waals surface area contributed by atoms with Crippen molar-refractivity contribution >= 4 is 11.8 Å². The molecule has 1 aliphatic carbocycles. The fourth-order valence-electron chi connectivity index (χ4n) is 6.08. The molecule has 2 atom stereocenters. The molecule has 1 aliphatic rings. The van der Waals surface area contributed by atoms with Crippen molar-refractivity contribution in [2.75, 3.05) is 19.8 Å². The molecule has 6 heteroatoms. The van der Waals surface area contributed by atoms with Gasteiger partial charge in [0.25, 0.3) is 0 Å². The van der Waals surface area contributed by atoms with E-state index in [9.17, 15) is 14.7 Å². The van der Waals surface area contributed by atoms with Crippen LogP contribution in [0.1, 0.15) is 83.8 Å². The average molecular weight is 525 g/mol. The molecule has 6 nitrogen and oxygen atoms in total. The minimum atomic E-state index is -0.973. The van der Waals surface area contributed by atoms with Gasteiger partial charge in [0.15, 0.2) is 0 Å². The SMILES string of the molecule is CCOc1cc([C@@H](C)C(CCCOc2ccccc2)C(=O)CC2(C(=O)O)CC(C)(C)C2)cc(OCC)c1C. The fourth-order valence-corrected chi connectivity index (χ4v) is 6.08.